The molecule has 1 saturated heterocycles. The van der Waals surface area contributed by atoms with Crippen LogP contribution in [0.1, 0.15) is 13.3 Å². The lowest BCUT2D eigenvalue weighted by Crippen LogP contribution is -2.18. The molecule has 0 spiro atoms. The molecule has 1 aliphatic rings. The molecule has 0 atom stereocenters. The molecule has 1 aliphatic heterocycles. The number of allylic oxidation sites excluding steroid dienone is 1. The van der Waals surface area contributed by atoms with Gasteiger partial charge in [0.2, 0.25) is 0 Å². The molecule has 0 aromatic heterocycles. The van der Waals surface area contributed by atoms with E-state index in [1.165, 1.54) is 0 Å². The Morgan fingerprint density at radius 2 is 2.10 bits per heavy atom. The quantitative estimate of drug-likeness (QED) is 0.518. The number of nitrogens with one attached hydrogen (secondary N) is 1. The normalized spacial score (nSPS) is 21.1. The second-order valence-electron chi connectivity index (χ2n) is 2.19. The molecule has 0 aromatic rings. The summed E-state index contributed by atoms with van der Waals surface area (Å²) in [7, 11) is 0. The molecule has 3 heteroatoms. The third kappa shape index (κ3) is 4.44. The highest BCUT2D eigenvalue weighted by Crippen LogP contribution is 2.19. The molecule has 60 valence electrons. The second kappa shape index (κ2) is 4.39. The summed E-state index contributed by atoms with van der Waals surface area (Å²) < 4.78 is 23.8. The third-order valence-electron chi connectivity index (χ3n) is 1.05. The van der Waals surface area contributed by atoms with Gasteiger partial charge in [0.1, 0.15) is 0 Å². The maximum atomic E-state index is 11.9. The van der Waals surface area contributed by atoms with Crippen molar-refractivity contribution in [2.45, 2.75) is 19.3 Å². The van der Waals surface area contributed by atoms with Crippen LogP contribution in [0.2, 0.25) is 0 Å². The van der Waals surface area contributed by atoms with Gasteiger partial charge in [-0.25, -0.2) is 8.78 Å². The maximum Gasteiger partial charge on any atom is 0.261 e. The van der Waals surface area contributed by atoms with Gasteiger partial charge in [0, 0.05) is 13.0 Å². The minimum atomic E-state index is -2.42. The van der Waals surface area contributed by atoms with Crippen molar-refractivity contribution >= 4 is 0 Å². The summed E-state index contributed by atoms with van der Waals surface area (Å²) >= 11 is 0. The molecule has 1 fully saturated rings. The van der Waals surface area contributed by atoms with Crippen LogP contribution >= 0.6 is 0 Å². The largest absolute Gasteiger partial charge is 0.311 e. The molecule has 0 aliphatic carbocycles. The van der Waals surface area contributed by atoms with Crippen molar-refractivity contribution in [3.63, 3.8) is 0 Å². The maximum absolute atomic E-state index is 11.9. The number of rotatable bonds is 0. The second-order valence-corrected chi connectivity index (χ2v) is 2.19. The molecule has 0 bridgehead atoms. The molecule has 1 rings (SSSR count). The van der Waals surface area contributed by atoms with Crippen molar-refractivity contribution in [2.24, 2.45) is 0 Å². The minimum absolute atomic E-state index is 0.00694. The Hall–Kier alpha value is -0.440. The molecule has 0 radical (unpaired) electrons. The number of hydrogen-bond acceptors (Lipinski definition) is 1. The summed E-state index contributed by atoms with van der Waals surface area (Å²) in [5.41, 5.74) is 0. The first-order valence-electron chi connectivity index (χ1n) is 3.28. The standard InChI is InChI=1S/C4H7F2N.C3H6/c5-4(6)1-2-7-3-4;1-3-2/h7H,1-3H2;3H,1H2,2H3. The number of halogens is 2. The van der Waals surface area contributed by atoms with Crippen molar-refractivity contribution in [1.29, 1.82) is 0 Å². The number of alkyl halides is 2. The molecule has 0 aromatic carbocycles. The molecular formula is C7H13F2N. The van der Waals surface area contributed by atoms with Gasteiger partial charge in [-0.3, -0.25) is 0 Å². The minimum Gasteiger partial charge on any atom is -0.311 e. The average molecular weight is 149 g/mol. The van der Waals surface area contributed by atoms with Crippen LogP contribution in [0.15, 0.2) is 12.7 Å². The van der Waals surface area contributed by atoms with Crippen LogP contribution in [0.4, 0.5) is 8.78 Å². The molecule has 0 unspecified atom stereocenters. The van der Waals surface area contributed by atoms with Crippen LogP contribution in [0.5, 0.6) is 0 Å². The predicted octanol–water partition coefficient (Wildman–Crippen LogP) is 1.81. The van der Waals surface area contributed by atoms with Crippen molar-refractivity contribution in [2.75, 3.05) is 13.1 Å². The monoisotopic (exact) mass is 149 g/mol. The molecular weight excluding hydrogens is 136 g/mol. The summed E-state index contributed by atoms with van der Waals surface area (Å²) in [5.74, 6) is -2.42. The lowest BCUT2D eigenvalue weighted by molar-refractivity contribution is 0.0238. The zero-order valence-corrected chi connectivity index (χ0v) is 6.16. The first kappa shape index (κ1) is 9.56. The van der Waals surface area contributed by atoms with Crippen molar-refractivity contribution < 1.29 is 8.78 Å². The van der Waals surface area contributed by atoms with Crippen LogP contribution < -0.4 is 5.32 Å². The smallest absolute Gasteiger partial charge is 0.261 e. The van der Waals surface area contributed by atoms with E-state index in [0.717, 1.165) is 0 Å². The van der Waals surface area contributed by atoms with E-state index < -0.39 is 5.92 Å². The van der Waals surface area contributed by atoms with E-state index in [4.69, 9.17) is 0 Å². The Balaban J connectivity index is 0.000000236. The van der Waals surface area contributed by atoms with E-state index in [1.807, 2.05) is 6.92 Å². The zero-order valence-electron chi connectivity index (χ0n) is 6.16. The summed E-state index contributed by atoms with van der Waals surface area (Å²) in [6.45, 7) is 5.58. The molecule has 1 heterocycles. The zero-order chi connectivity index (χ0) is 8.04. The highest BCUT2D eigenvalue weighted by atomic mass is 19.3. The fraction of sp³-hybridized carbons (Fsp3) is 0.714. The van der Waals surface area contributed by atoms with Gasteiger partial charge in [0.15, 0.2) is 0 Å². The van der Waals surface area contributed by atoms with Gasteiger partial charge < -0.3 is 5.32 Å². The fourth-order valence-electron chi connectivity index (χ4n) is 0.631. The van der Waals surface area contributed by atoms with Gasteiger partial charge >= 0.3 is 0 Å². The summed E-state index contributed by atoms with van der Waals surface area (Å²) in [4.78, 5) is 0. The van der Waals surface area contributed by atoms with Gasteiger partial charge in [-0.1, -0.05) is 6.08 Å². The van der Waals surface area contributed by atoms with Crippen molar-refractivity contribution in [1.82, 2.24) is 5.32 Å². The Bertz CT molecular complexity index is 93.8. The van der Waals surface area contributed by atoms with Gasteiger partial charge in [0.05, 0.1) is 6.54 Å². The lowest BCUT2D eigenvalue weighted by Gasteiger charge is -2.02. The topological polar surface area (TPSA) is 12.0 Å². The Labute approximate surface area is 60.1 Å². The van der Waals surface area contributed by atoms with Crippen molar-refractivity contribution in [3.05, 3.63) is 12.7 Å². The van der Waals surface area contributed by atoms with Crippen molar-refractivity contribution in [3.8, 4) is 0 Å². The van der Waals surface area contributed by atoms with E-state index in [2.05, 4.69) is 11.9 Å². The van der Waals surface area contributed by atoms with E-state index in [1.54, 1.807) is 6.08 Å². The highest BCUT2D eigenvalue weighted by Gasteiger charge is 2.32. The highest BCUT2D eigenvalue weighted by molar-refractivity contribution is 4.77. The van der Waals surface area contributed by atoms with Gasteiger partial charge in [-0.2, -0.15) is 0 Å². The Morgan fingerprint density at radius 3 is 2.20 bits per heavy atom. The Kier molecular flexibility index (Phi) is 4.19. The van der Waals surface area contributed by atoms with Gasteiger partial charge in [-0.05, 0) is 6.92 Å². The van der Waals surface area contributed by atoms with Crippen LogP contribution in [-0.2, 0) is 0 Å². The molecule has 0 saturated carbocycles. The summed E-state index contributed by atoms with van der Waals surface area (Å²) in [6.07, 6.45) is 1.76. The predicted molar refractivity (Wildman–Crippen MR) is 38.3 cm³/mol. The van der Waals surface area contributed by atoms with Crippen LogP contribution in [0, 0.1) is 0 Å². The third-order valence-corrected chi connectivity index (χ3v) is 1.05. The van der Waals surface area contributed by atoms with Crippen LogP contribution in [-0.4, -0.2) is 19.0 Å². The first-order valence-corrected chi connectivity index (χ1v) is 3.28. The van der Waals surface area contributed by atoms with Gasteiger partial charge in [0.25, 0.3) is 5.92 Å². The van der Waals surface area contributed by atoms with E-state index in [-0.39, 0.29) is 13.0 Å². The lowest BCUT2D eigenvalue weighted by atomic mass is 10.3. The average Bonchev–Trinajstić information content (AvgIpc) is 2.16. The van der Waals surface area contributed by atoms with Gasteiger partial charge in [-0.15, -0.1) is 6.58 Å². The Morgan fingerprint density at radius 1 is 1.60 bits per heavy atom. The summed E-state index contributed by atoms with van der Waals surface area (Å²) in [6, 6.07) is 0. The molecule has 1 N–H and O–H groups in total. The van der Waals surface area contributed by atoms with Crippen LogP contribution in [0.3, 0.4) is 0 Å². The van der Waals surface area contributed by atoms with E-state index >= 15 is 0 Å². The SMILES string of the molecule is C=CC.FC1(F)CCNC1. The van der Waals surface area contributed by atoms with Crippen LogP contribution in [0.25, 0.3) is 0 Å². The summed E-state index contributed by atoms with van der Waals surface area (Å²) in [5, 5.41) is 2.56. The molecule has 0 amide bonds. The van der Waals surface area contributed by atoms with E-state index in [9.17, 15) is 8.78 Å². The fourth-order valence-corrected chi connectivity index (χ4v) is 0.631. The first-order chi connectivity index (χ1) is 4.62. The molecule has 1 nitrogen and oxygen atoms in total. The van der Waals surface area contributed by atoms with E-state index in [0.29, 0.717) is 6.54 Å². The number of hydrogen-bond donors (Lipinski definition) is 1. The molecule has 10 heavy (non-hydrogen) atoms.